The van der Waals surface area contributed by atoms with Crippen molar-refractivity contribution in [3.8, 4) is 28.3 Å². The topological polar surface area (TPSA) is 184 Å². The number of carbonyl (C=O) groups excluding carboxylic acids is 2. The molecule has 58 heavy (non-hydrogen) atoms. The smallest absolute Gasteiger partial charge is 0.225 e. The number of nitrogens with zero attached hydrogens (tertiary/aromatic N) is 7. The van der Waals surface area contributed by atoms with Crippen LogP contribution < -0.4 is 15.4 Å². The third kappa shape index (κ3) is 10.5. The van der Waals surface area contributed by atoms with E-state index < -0.39 is 35.1 Å². The summed E-state index contributed by atoms with van der Waals surface area (Å²) in [5.41, 5.74) is 3.23. The third-order valence-corrected chi connectivity index (χ3v) is 8.88. The van der Waals surface area contributed by atoms with Crippen LogP contribution in [0, 0.1) is 23.3 Å². The number of methoxy groups -OCH3 is 1. The normalized spacial score (nSPS) is 11.1. The van der Waals surface area contributed by atoms with E-state index in [1.165, 1.54) is 48.7 Å². The summed E-state index contributed by atoms with van der Waals surface area (Å²) in [6.07, 6.45) is 6.09. The van der Waals surface area contributed by atoms with Gasteiger partial charge in [0, 0.05) is 43.1 Å². The molecular formula is C38H35ClF4N10O5. The number of carbonyl (C=O) groups is 2. The average Bonchev–Trinajstić information content (AvgIpc) is 3.78. The lowest BCUT2D eigenvalue weighted by Gasteiger charge is -2.13. The summed E-state index contributed by atoms with van der Waals surface area (Å²) in [4.78, 5) is 26.3. The average molecular weight is 823 g/mol. The first-order chi connectivity index (χ1) is 28.1. The molecule has 0 saturated carbocycles. The highest BCUT2D eigenvalue weighted by Gasteiger charge is 2.24. The SMILES string of the molecule is COCCOc1c(-c2ccnnc2)nn(COCCc2c(NC(=O)CCc3cc(F)c(F)c(F)c3)n[nH]c2-c2ccnnc2)c1NC(=O)CCc1ccc(Cl)c(F)c1. The van der Waals surface area contributed by atoms with E-state index in [0.717, 1.165) is 12.1 Å². The molecule has 6 rings (SSSR count). The zero-order valence-electron chi connectivity index (χ0n) is 30.8. The van der Waals surface area contributed by atoms with Gasteiger partial charge in [-0.25, -0.2) is 22.2 Å². The first-order valence-corrected chi connectivity index (χ1v) is 18.1. The maximum Gasteiger partial charge on any atom is 0.225 e. The molecule has 20 heteroatoms. The highest BCUT2D eigenvalue weighted by molar-refractivity contribution is 6.30. The van der Waals surface area contributed by atoms with Gasteiger partial charge in [-0.05, 0) is 60.4 Å². The number of anilines is 2. The van der Waals surface area contributed by atoms with Gasteiger partial charge in [-0.2, -0.15) is 30.6 Å². The Morgan fingerprint density at radius 2 is 1.47 bits per heavy atom. The van der Waals surface area contributed by atoms with Gasteiger partial charge < -0.3 is 24.8 Å². The molecule has 0 aliphatic carbocycles. The lowest BCUT2D eigenvalue weighted by molar-refractivity contribution is -0.117. The van der Waals surface area contributed by atoms with E-state index >= 15 is 0 Å². The van der Waals surface area contributed by atoms with E-state index in [-0.39, 0.29) is 86.6 Å². The molecule has 0 atom stereocenters. The Balaban J connectivity index is 1.20. The number of hydrogen-bond donors (Lipinski definition) is 3. The third-order valence-electron chi connectivity index (χ3n) is 8.58. The van der Waals surface area contributed by atoms with Crippen molar-refractivity contribution in [2.24, 2.45) is 0 Å². The summed E-state index contributed by atoms with van der Waals surface area (Å²) >= 11 is 5.82. The van der Waals surface area contributed by atoms with Crippen LogP contribution in [0.2, 0.25) is 5.02 Å². The minimum absolute atomic E-state index is 0.0178. The molecule has 2 aromatic carbocycles. The molecule has 0 fully saturated rings. The maximum atomic E-state index is 14.1. The Bertz CT molecular complexity index is 2330. The van der Waals surface area contributed by atoms with Gasteiger partial charge in [-0.3, -0.25) is 14.7 Å². The number of aryl methyl sites for hydroxylation is 2. The van der Waals surface area contributed by atoms with Gasteiger partial charge >= 0.3 is 0 Å². The Hall–Kier alpha value is -6.31. The van der Waals surface area contributed by atoms with Gasteiger partial charge in [-0.15, -0.1) is 0 Å². The van der Waals surface area contributed by atoms with Crippen molar-refractivity contribution in [1.82, 2.24) is 40.4 Å². The van der Waals surface area contributed by atoms with Crippen molar-refractivity contribution in [2.45, 2.75) is 38.8 Å². The van der Waals surface area contributed by atoms with E-state index in [9.17, 15) is 27.2 Å². The highest BCUT2D eigenvalue weighted by atomic mass is 35.5. The van der Waals surface area contributed by atoms with Crippen molar-refractivity contribution < 1.29 is 41.4 Å². The minimum atomic E-state index is -1.59. The monoisotopic (exact) mass is 822 g/mol. The predicted octanol–water partition coefficient (Wildman–Crippen LogP) is 6.11. The molecule has 4 aromatic heterocycles. The number of ether oxygens (including phenoxy) is 3. The molecule has 0 spiro atoms. The highest BCUT2D eigenvalue weighted by Crippen LogP contribution is 2.37. The molecular weight excluding hydrogens is 788 g/mol. The molecule has 0 aliphatic rings. The van der Waals surface area contributed by atoms with Crippen LogP contribution in [-0.2, 0) is 45.1 Å². The number of hydrogen-bond acceptors (Lipinski definition) is 11. The summed E-state index contributed by atoms with van der Waals surface area (Å²) in [5.74, 6) is -5.25. The fraction of sp³-hybridized carbons (Fsp3) is 0.263. The van der Waals surface area contributed by atoms with Gasteiger partial charge in [0.25, 0.3) is 0 Å². The van der Waals surface area contributed by atoms with Crippen molar-refractivity contribution in [1.29, 1.82) is 0 Å². The van der Waals surface area contributed by atoms with Crippen molar-refractivity contribution in [3.05, 3.63) is 112 Å². The van der Waals surface area contributed by atoms with Crippen LogP contribution >= 0.6 is 11.6 Å². The van der Waals surface area contributed by atoms with Crippen LogP contribution in [0.1, 0.15) is 29.5 Å². The van der Waals surface area contributed by atoms with Crippen molar-refractivity contribution in [2.75, 3.05) is 37.6 Å². The van der Waals surface area contributed by atoms with E-state index in [4.69, 9.17) is 30.9 Å². The molecule has 4 heterocycles. The molecule has 0 saturated heterocycles. The Morgan fingerprint density at radius 3 is 2.14 bits per heavy atom. The molecule has 0 bridgehead atoms. The molecule has 0 radical (unpaired) electrons. The Labute approximate surface area is 333 Å². The van der Waals surface area contributed by atoms with Gasteiger partial charge in [0.05, 0.1) is 48.7 Å². The van der Waals surface area contributed by atoms with Crippen LogP contribution in [0.25, 0.3) is 22.5 Å². The first-order valence-electron chi connectivity index (χ1n) is 17.7. The summed E-state index contributed by atoms with van der Waals surface area (Å²) in [5, 5.41) is 33.0. The van der Waals surface area contributed by atoms with Gasteiger partial charge in [0.2, 0.25) is 11.8 Å². The summed E-state index contributed by atoms with van der Waals surface area (Å²) in [6, 6.07) is 9.37. The number of rotatable bonds is 19. The summed E-state index contributed by atoms with van der Waals surface area (Å²) in [7, 11) is 1.52. The minimum Gasteiger partial charge on any atom is -0.485 e. The van der Waals surface area contributed by atoms with E-state index in [0.29, 0.717) is 33.6 Å². The lowest BCUT2D eigenvalue weighted by Crippen LogP contribution is -2.18. The molecule has 0 aliphatic heterocycles. The van der Waals surface area contributed by atoms with Gasteiger partial charge in [-0.1, -0.05) is 17.7 Å². The Morgan fingerprint density at radius 1 is 0.793 bits per heavy atom. The molecule has 0 unspecified atom stereocenters. The number of nitrogens with one attached hydrogen (secondary N) is 3. The fourth-order valence-corrected chi connectivity index (χ4v) is 5.83. The zero-order valence-corrected chi connectivity index (χ0v) is 31.5. The molecule has 2 amide bonds. The standard InChI is InChI=1S/C38H35ClF4N10O5/c1-56-14-15-58-36-35(25-9-12-45-47-20-25)52-53(38(36)49-32(55)6-3-22-2-5-27(39)28(40)16-22)21-57-13-10-26-34(24-8-11-44-46-19-24)50-51-37(26)48-31(54)7-4-23-17-29(41)33(43)30(42)18-23/h2,5,8-9,11-12,16-20H,3-4,6-7,10,13-15,21H2,1H3,(H,49,55)(H2,48,50,51,54). The summed E-state index contributed by atoms with van der Waals surface area (Å²) < 4.78 is 73.7. The van der Waals surface area contributed by atoms with Crippen LogP contribution in [-0.4, -0.2) is 79.1 Å². The quantitative estimate of drug-likeness (QED) is 0.0487. The largest absolute Gasteiger partial charge is 0.485 e. The fourth-order valence-electron chi connectivity index (χ4n) is 5.71. The van der Waals surface area contributed by atoms with Gasteiger partial charge in [0.15, 0.2) is 34.8 Å². The first kappa shape index (κ1) is 41.3. The summed E-state index contributed by atoms with van der Waals surface area (Å²) in [6.45, 7) is 0.200. The van der Waals surface area contributed by atoms with Crippen LogP contribution in [0.4, 0.5) is 29.2 Å². The molecule has 3 N–H and O–H groups in total. The number of halogens is 5. The van der Waals surface area contributed by atoms with E-state index in [1.807, 2.05) is 0 Å². The second kappa shape index (κ2) is 19.7. The van der Waals surface area contributed by atoms with Crippen molar-refractivity contribution >= 4 is 35.1 Å². The number of aromatic amines is 1. The molecule has 6 aromatic rings. The number of H-pyrrole nitrogens is 1. The molecule has 15 nitrogen and oxygen atoms in total. The number of benzene rings is 2. The second-order valence-corrected chi connectivity index (χ2v) is 13.0. The van der Waals surface area contributed by atoms with Crippen molar-refractivity contribution in [3.63, 3.8) is 0 Å². The van der Waals surface area contributed by atoms with Crippen LogP contribution in [0.3, 0.4) is 0 Å². The zero-order chi connectivity index (χ0) is 41.0. The van der Waals surface area contributed by atoms with Crippen LogP contribution in [0.5, 0.6) is 5.75 Å². The number of aromatic nitrogens is 8. The van der Waals surface area contributed by atoms with Gasteiger partial charge in [0.1, 0.15) is 24.8 Å². The second-order valence-electron chi connectivity index (χ2n) is 12.6. The predicted molar refractivity (Wildman–Crippen MR) is 202 cm³/mol. The van der Waals surface area contributed by atoms with Crippen LogP contribution in [0.15, 0.2) is 67.3 Å². The maximum absolute atomic E-state index is 14.1. The van der Waals surface area contributed by atoms with E-state index in [2.05, 4.69) is 41.2 Å². The van der Waals surface area contributed by atoms with E-state index in [1.54, 1.807) is 18.2 Å². The number of amides is 2. The lowest BCUT2D eigenvalue weighted by atomic mass is 10.1. The molecule has 302 valence electrons. The Kier molecular flexibility index (Phi) is 14.0.